The van der Waals surface area contributed by atoms with Crippen LogP contribution in [0.2, 0.25) is 0 Å². The quantitative estimate of drug-likeness (QED) is 0.851. The predicted octanol–water partition coefficient (Wildman–Crippen LogP) is 2.80. The molecule has 0 radical (unpaired) electrons. The number of hydrogen-bond acceptors (Lipinski definition) is 3. The summed E-state index contributed by atoms with van der Waals surface area (Å²) in [4.78, 5) is 10.5. The second kappa shape index (κ2) is 5.30. The van der Waals surface area contributed by atoms with E-state index >= 15 is 0 Å². The summed E-state index contributed by atoms with van der Waals surface area (Å²) in [5.74, 6) is -1.71. The molecule has 1 aliphatic heterocycles. The van der Waals surface area contributed by atoms with Crippen molar-refractivity contribution in [2.75, 3.05) is 6.61 Å². The number of rotatable bonds is 4. The minimum atomic E-state index is -1.60. The normalized spacial score (nSPS) is 17.8. The maximum atomic E-state index is 13.2. The molecular formula is C14H15FO4. The first kappa shape index (κ1) is 13.4. The van der Waals surface area contributed by atoms with Gasteiger partial charge in [-0.1, -0.05) is 0 Å². The van der Waals surface area contributed by atoms with Crippen LogP contribution in [0.4, 0.5) is 4.39 Å². The molecule has 1 heterocycles. The van der Waals surface area contributed by atoms with Gasteiger partial charge in [0, 0.05) is 17.5 Å². The van der Waals surface area contributed by atoms with Crippen LogP contribution in [0.5, 0.6) is 11.5 Å². The van der Waals surface area contributed by atoms with Crippen LogP contribution in [0.25, 0.3) is 6.08 Å². The Morgan fingerprint density at radius 2 is 2.37 bits per heavy atom. The van der Waals surface area contributed by atoms with Crippen LogP contribution in [0.15, 0.2) is 18.0 Å². The zero-order chi connectivity index (χ0) is 14.0. The Labute approximate surface area is 110 Å². The number of ether oxygens (including phenoxy) is 2. The monoisotopic (exact) mass is 266 g/mol. The van der Waals surface area contributed by atoms with Gasteiger partial charge in [-0.15, -0.1) is 0 Å². The molecule has 0 aromatic heterocycles. The first-order valence-electron chi connectivity index (χ1n) is 6.08. The number of fused-ring (bicyclic) bond motifs is 1. The third kappa shape index (κ3) is 2.86. The van der Waals surface area contributed by atoms with Crippen molar-refractivity contribution in [3.8, 4) is 11.5 Å². The number of benzene rings is 1. The standard InChI is InChI=1S/C14H15FO4/c1-3-18-12-6-9-4-8(2)19-13(9)7-10(12)5-11(15)14(16)17/h5-8H,3-4H2,1-2H3,(H,16,17). The number of carboxylic acid groups (broad SMARTS) is 1. The molecule has 102 valence electrons. The van der Waals surface area contributed by atoms with E-state index in [1.54, 1.807) is 12.1 Å². The summed E-state index contributed by atoms with van der Waals surface area (Å²) in [6, 6.07) is 3.40. The summed E-state index contributed by atoms with van der Waals surface area (Å²) in [6.07, 6.45) is 1.77. The molecule has 1 aliphatic rings. The van der Waals surface area contributed by atoms with E-state index in [0.717, 1.165) is 18.1 Å². The van der Waals surface area contributed by atoms with Crippen LogP contribution >= 0.6 is 0 Å². The molecule has 1 unspecified atom stereocenters. The smallest absolute Gasteiger partial charge is 0.364 e. The van der Waals surface area contributed by atoms with Crippen molar-refractivity contribution in [1.29, 1.82) is 0 Å². The highest BCUT2D eigenvalue weighted by atomic mass is 19.1. The lowest BCUT2D eigenvalue weighted by atomic mass is 10.1. The van der Waals surface area contributed by atoms with E-state index < -0.39 is 11.8 Å². The third-order valence-corrected chi connectivity index (χ3v) is 2.81. The van der Waals surface area contributed by atoms with Crippen LogP contribution in [0.3, 0.4) is 0 Å². The van der Waals surface area contributed by atoms with Crippen LogP contribution in [-0.2, 0) is 11.2 Å². The predicted molar refractivity (Wildman–Crippen MR) is 68.1 cm³/mol. The summed E-state index contributed by atoms with van der Waals surface area (Å²) in [6.45, 7) is 4.17. The molecule has 0 saturated carbocycles. The molecule has 1 atom stereocenters. The Kier molecular flexibility index (Phi) is 3.74. The minimum absolute atomic E-state index is 0.0630. The van der Waals surface area contributed by atoms with Crippen molar-refractivity contribution in [1.82, 2.24) is 0 Å². The molecule has 19 heavy (non-hydrogen) atoms. The zero-order valence-corrected chi connectivity index (χ0v) is 10.8. The fourth-order valence-corrected chi connectivity index (χ4v) is 2.05. The van der Waals surface area contributed by atoms with E-state index in [0.29, 0.717) is 23.7 Å². The van der Waals surface area contributed by atoms with Crippen LogP contribution in [-0.4, -0.2) is 23.8 Å². The van der Waals surface area contributed by atoms with Crippen molar-refractivity contribution in [3.63, 3.8) is 0 Å². The van der Waals surface area contributed by atoms with Gasteiger partial charge in [0.25, 0.3) is 0 Å². The molecule has 0 bridgehead atoms. The first-order valence-corrected chi connectivity index (χ1v) is 6.08. The Bertz CT molecular complexity index is 536. The van der Waals surface area contributed by atoms with Crippen molar-refractivity contribution < 1.29 is 23.8 Å². The van der Waals surface area contributed by atoms with Gasteiger partial charge in [0.15, 0.2) is 0 Å². The van der Waals surface area contributed by atoms with Gasteiger partial charge in [0.1, 0.15) is 17.6 Å². The highest BCUT2D eigenvalue weighted by Gasteiger charge is 2.22. The molecule has 0 aliphatic carbocycles. The topological polar surface area (TPSA) is 55.8 Å². The van der Waals surface area contributed by atoms with Gasteiger partial charge >= 0.3 is 5.97 Å². The van der Waals surface area contributed by atoms with Gasteiger partial charge in [0.2, 0.25) is 5.83 Å². The number of aliphatic carboxylic acids is 1. The molecular weight excluding hydrogens is 251 g/mol. The van der Waals surface area contributed by atoms with E-state index in [1.165, 1.54) is 0 Å². The average Bonchev–Trinajstić information content (AvgIpc) is 2.68. The Hall–Kier alpha value is -2.04. The molecule has 0 amide bonds. The summed E-state index contributed by atoms with van der Waals surface area (Å²) in [7, 11) is 0. The summed E-state index contributed by atoms with van der Waals surface area (Å²) >= 11 is 0. The van der Waals surface area contributed by atoms with E-state index in [1.807, 2.05) is 13.8 Å². The summed E-state index contributed by atoms with van der Waals surface area (Å²) < 4.78 is 24.2. The average molecular weight is 266 g/mol. The Morgan fingerprint density at radius 1 is 1.63 bits per heavy atom. The Balaban J connectivity index is 2.44. The highest BCUT2D eigenvalue weighted by molar-refractivity contribution is 5.90. The van der Waals surface area contributed by atoms with E-state index in [2.05, 4.69) is 0 Å². The summed E-state index contributed by atoms with van der Waals surface area (Å²) in [5, 5.41) is 8.58. The van der Waals surface area contributed by atoms with Gasteiger partial charge < -0.3 is 14.6 Å². The van der Waals surface area contributed by atoms with Crippen molar-refractivity contribution >= 4 is 12.0 Å². The minimum Gasteiger partial charge on any atom is -0.493 e. The first-order chi connectivity index (χ1) is 9.01. The van der Waals surface area contributed by atoms with Gasteiger partial charge in [-0.3, -0.25) is 0 Å². The van der Waals surface area contributed by atoms with E-state index in [9.17, 15) is 9.18 Å². The van der Waals surface area contributed by atoms with Gasteiger partial charge in [-0.25, -0.2) is 4.79 Å². The fourth-order valence-electron chi connectivity index (χ4n) is 2.05. The largest absolute Gasteiger partial charge is 0.493 e. The van der Waals surface area contributed by atoms with Crippen LogP contribution < -0.4 is 9.47 Å². The number of hydrogen-bond donors (Lipinski definition) is 1. The van der Waals surface area contributed by atoms with E-state index in [-0.39, 0.29) is 6.10 Å². The van der Waals surface area contributed by atoms with E-state index in [4.69, 9.17) is 14.6 Å². The highest BCUT2D eigenvalue weighted by Crippen LogP contribution is 2.36. The number of carboxylic acids is 1. The summed E-state index contributed by atoms with van der Waals surface area (Å²) in [5.41, 5.74) is 1.36. The molecule has 0 spiro atoms. The lowest BCUT2D eigenvalue weighted by Gasteiger charge is -2.10. The molecule has 1 aromatic carbocycles. The molecule has 4 nitrogen and oxygen atoms in total. The van der Waals surface area contributed by atoms with Crippen LogP contribution in [0, 0.1) is 0 Å². The molecule has 5 heteroatoms. The van der Waals surface area contributed by atoms with Crippen molar-refractivity contribution in [2.24, 2.45) is 0 Å². The van der Waals surface area contributed by atoms with Gasteiger partial charge in [0.05, 0.1) is 6.61 Å². The van der Waals surface area contributed by atoms with Gasteiger partial charge in [-0.2, -0.15) is 4.39 Å². The second-order valence-corrected chi connectivity index (χ2v) is 4.36. The molecule has 1 aromatic rings. The zero-order valence-electron chi connectivity index (χ0n) is 10.8. The van der Waals surface area contributed by atoms with Crippen molar-refractivity contribution in [3.05, 3.63) is 29.1 Å². The maximum absolute atomic E-state index is 13.2. The van der Waals surface area contributed by atoms with Crippen molar-refractivity contribution in [2.45, 2.75) is 26.4 Å². The lowest BCUT2D eigenvalue weighted by Crippen LogP contribution is -2.05. The molecule has 0 saturated heterocycles. The number of halogens is 1. The Morgan fingerprint density at radius 3 is 3.00 bits per heavy atom. The van der Waals surface area contributed by atoms with Gasteiger partial charge in [-0.05, 0) is 32.1 Å². The molecule has 2 rings (SSSR count). The fraction of sp³-hybridized carbons (Fsp3) is 0.357. The molecule has 0 fully saturated rings. The molecule has 1 N–H and O–H groups in total. The number of carbonyl (C=O) groups is 1. The maximum Gasteiger partial charge on any atom is 0.364 e. The SMILES string of the molecule is CCOc1cc2c(cc1C=C(F)C(=O)O)OC(C)C2. The third-order valence-electron chi connectivity index (χ3n) is 2.81. The second-order valence-electron chi connectivity index (χ2n) is 4.36. The van der Waals surface area contributed by atoms with Crippen LogP contribution in [0.1, 0.15) is 25.0 Å². The lowest BCUT2D eigenvalue weighted by molar-refractivity contribution is -0.134.